The van der Waals surface area contributed by atoms with Crippen molar-refractivity contribution in [1.82, 2.24) is 9.78 Å². The minimum Gasteiger partial charge on any atom is -0.315 e. The Balaban J connectivity index is 2.45. The van der Waals surface area contributed by atoms with Gasteiger partial charge in [0, 0.05) is 13.2 Å². The van der Waals surface area contributed by atoms with Crippen LogP contribution in [0, 0.1) is 29.1 Å². The Kier molecular flexibility index (Phi) is 3.86. The first-order valence-corrected chi connectivity index (χ1v) is 5.63. The second-order valence-corrected chi connectivity index (χ2v) is 4.31. The van der Waals surface area contributed by atoms with Crippen LogP contribution in [0.1, 0.15) is 10.5 Å². The van der Waals surface area contributed by atoms with Gasteiger partial charge in [-0.15, -0.1) is 0 Å². The van der Waals surface area contributed by atoms with E-state index in [1.807, 2.05) is 0 Å². The Morgan fingerprint density at radius 1 is 1.10 bits per heavy atom. The molecule has 1 amide bonds. The second-order valence-electron chi connectivity index (χ2n) is 3.90. The van der Waals surface area contributed by atoms with E-state index in [0.29, 0.717) is 0 Å². The molecular formula is C11H5ClF5N3O. The van der Waals surface area contributed by atoms with E-state index >= 15 is 0 Å². The Labute approximate surface area is 119 Å². The molecule has 1 heterocycles. The van der Waals surface area contributed by atoms with Crippen molar-refractivity contribution in [2.24, 2.45) is 7.05 Å². The summed E-state index contributed by atoms with van der Waals surface area (Å²) >= 11 is 5.63. The summed E-state index contributed by atoms with van der Waals surface area (Å²) in [5.74, 6) is -12.2. The maximum Gasteiger partial charge on any atom is 0.277 e. The zero-order chi connectivity index (χ0) is 15.9. The molecule has 0 aliphatic carbocycles. The van der Waals surface area contributed by atoms with Crippen molar-refractivity contribution in [3.63, 3.8) is 0 Å². The molecule has 0 fully saturated rings. The van der Waals surface area contributed by atoms with Crippen molar-refractivity contribution in [3.05, 3.63) is 46.0 Å². The molecule has 0 saturated heterocycles. The molecule has 0 bridgehead atoms. The zero-order valence-electron chi connectivity index (χ0n) is 10.1. The van der Waals surface area contributed by atoms with E-state index in [9.17, 15) is 26.7 Å². The van der Waals surface area contributed by atoms with Crippen molar-refractivity contribution in [3.8, 4) is 0 Å². The summed E-state index contributed by atoms with van der Waals surface area (Å²) < 4.78 is 66.7. The molecule has 1 aromatic carbocycles. The van der Waals surface area contributed by atoms with E-state index in [2.05, 4.69) is 5.10 Å². The van der Waals surface area contributed by atoms with Crippen LogP contribution in [0.4, 0.5) is 27.6 Å². The van der Waals surface area contributed by atoms with Gasteiger partial charge in [-0.25, -0.2) is 22.0 Å². The highest BCUT2D eigenvalue weighted by molar-refractivity contribution is 6.34. The molecule has 0 spiro atoms. The number of anilines is 1. The Morgan fingerprint density at radius 3 is 2.00 bits per heavy atom. The first-order chi connectivity index (χ1) is 9.73. The summed E-state index contributed by atoms with van der Waals surface area (Å²) in [5, 5.41) is 5.00. The second kappa shape index (κ2) is 5.32. The largest absolute Gasteiger partial charge is 0.315 e. The van der Waals surface area contributed by atoms with Crippen molar-refractivity contribution >= 4 is 23.2 Å². The van der Waals surface area contributed by atoms with E-state index in [0.717, 1.165) is 4.68 Å². The summed E-state index contributed by atoms with van der Waals surface area (Å²) in [6.45, 7) is 0. The quantitative estimate of drug-likeness (QED) is 0.524. The standard InChI is InChI=1S/C11H5ClF5N3O/c1-20-2-3(12)9(19-20)11(21)18-10-7(16)5(14)4(13)6(15)8(10)17/h2H,1H3,(H,18,21). The molecule has 0 aliphatic rings. The fourth-order valence-corrected chi connectivity index (χ4v) is 1.77. The van der Waals surface area contributed by atoms with Crippen LogP contribution in [-0.2, 0) is 7.05 Å². The number of benzene rings is 1. The smallest absolute Gasteiger partial charge is 0.277 e. The molecule has 0 radical (unpaired) electrons. The van der Waals surface area contributed by atoms with Gasteiger partial charge in [0.25, 0.3) is 5.91 Å². The number of aromatic nitrogens is 2. The maximum atomic E-state index is 13.4. The summed E-state index contributed by atoms with van der Waals surface area (Å²) in [7, 11) is 1.42. The van der Waals surface area contributed by atoms with E-state index in [1.54, 1.807) is 5.32 Å². The SMILES string of the molecule is Cn1cc(Cl)c(C(=O)Nc2c(F)c(F)c(F)c(F)c2F)n1. The highest BCUT2D eigenvalue weighted by atomic mass is 35.5. The summed E-state index contributed by atoms with van der Waals surface area (Å²) in [6.07, 6.45) is 1.22. The molecule has 112 valence electrons. The maximum absolute atomic E-state index is 13.4. The van der Waals surface area contributed by atoms with Crippen LogP contribution in [-0.4, -0.2) is 15.7 Å². The molecule has 1 aromatic heterocycles. The van der Waals surface area contributed by atoms with Crippen LogP contribution in [0.25, 0.3) is 0 Å². The third-order valence-electron chi connectivity index (χ3n) is 2.45. The topological polar surface area (TPSA) is 46.9 Å². The number of rotatable bonds is 2. The lowest BCUT2D eigenvalue weighted by molar-refractivity contribution is 0.102. The van der Waals surface area contributed by atoms with Crippen LogP contribution in [0.3, 0.4) is 0 Å². The lowest BCUT2D eigenvalue weighted by atomic mass is 10.2. The normalized spacial score (nSPS) is 10.8. The van der Waals surface area contributed by atoms with Crippen LogP contribution in [0.15, 0.2) is 6.20 Å². The summed E-state index contributed by atoms with van der Waals surface area (Å²) in [6, 6.07) is 0. The van der Waals surface area contributed by atoms with Gasteiger partial charge in [-0.3, -0.25) is 9.48 Å². The van der Waals surface area contributed by atoms with Crippen molar-refractivity contribution in [2.45, 2.75) is 0 Å². The van der Waals surface area contributed by atoms with Gasteiger partial charge in [0.05, 0.1) is 5.02 Å². The summed E-state index contributed by atoms with van der Waals surface area (Å²) in [5.41, 5.74) is -1.90. The highest BCUT2D eigenvalue weighted by Crippen LogP contribution is 2.27. The molecule has 2 rings (SSSR count). The first-order valence-electron chi connectivity index (χ1n) is 5.26. The van der Waals surface area contributed by atoms with Crippen molar-refractivity contribution in [2.75, 3.05) is 5.32 Å². The van der Waals surface area contributed by atoms with Crippen LogP contribution in [0.2, 0.25) is 5.02 Å². The van der Waals surface area contributed by atoms with Gasteiger partial charge >= 0.3 is 0 Å². The lowest BCUT2D eigenvalue weighted by Gasteiger charge is -2.08. The molecule has 1 N–H and O–H groups in total. The Hall–Kier alpha value is -2.16. The minimum atomic E-state index is -2.32. The van der Waals surface area contributed by atoms with E-state index in [-0.39, 0.29) is 5.02 Å². The van der Waals surface area contributed by atoms with Crippen molar-refractivity contribution in [1.29, 1.82) is 0 Å². The summed E-state index contributed by atoms with van der Waals surface area (Å²) in [4.78, 5) is 11.7. The fourth-order valence-electron chi connectivity index (χ4n) is 1.50. The molecule has 4 nitrogen and oxygen atoms in total. The number of carbonyl (C=O) groups excluding carboxylic acids is 1. The zero-order valence-corrected chi connectivity index (χ0v) is 10.9. The third-order valence-corrected chi connectivity index (χ3v) is 2.72. The third kappa shape index (κ3) is 2.56. The molecule has 0 unspecified atom stereocenters. The van der Waals surface area contributed by atoms with Gasteiger partial charge in [0.2, 0.25) is 5.82 Å². The van der Waals surface area contributed by atoms with Crippen LogP contribution < -0.4 is 5.32 Å². The van der Waals surface area contributed by atoms with E-state index in [4.69, 9.17) is 11.6 Å². The highest BCUT2D eigenvalue weighted by Gasteiger charge is 2.28. The van der Waals surface area contributed by atoms with Crippen LogP contribution in [0.5, 0.6) is 0 Å². The predicted octanol–water partition coefficient (Wildman–Crippen LogP) is 3.02. The van der Waals surface area contributed by atoms with Gasteiger partial charge in [-0.05, 0) is 0 Å². The number of aryl methyl sites for hydroxylation is 1. The fraction of sp³-hybridized carbons (Fsp3) is 0.0909. The molecule has 2 aromatic rings. The predicted molar refractivity (Wildman–Crippen MR) is 62.4 cm³/mol. The Bertz CT molecular complexity index is 717. The van der Waals surface area contributed by atoms with E-state index < -0.39 is 46.4 Å². The van der Waals surface area contributed by atoms with Gasteiger partial charge in [-0.2, -0.15) is 5.10 Å². The monoisotopic (exact) mass is 325 g/mol. The first kappa shape index (κ1) is 15.2. The molecule has 21 heavy (non-hydrogen) atoms. The lowest BCUT2D eigenvalue weighted by Crippen LogP contribution is -2.18. The Morgan fingerprint density at radius 2 is 1.57 bits per heavy atom. The number of carbonyl (C=O) groups is 1. The molecular weight excluding hydrogens is 321 g/mol. The van der Waals surface area contributed by atoms with Gasteiger partial charge in [0.15, 0.2) is 29.0 Å². The average molecular weight is 326 g/mol. The number of amides is 1. The molecule has 0 saturated carbocycles. The number of hydrogen-bond acceptors (Lipinski definition) is 2. The molecule has 10 heteroatoms. The van der Waals surface area contributed by atoms with Gasteiger partial charge in [-0.1, -0.05) is 11.6 Å². The number of halogens is 6. The minimum absolute atomic E-state index is 0.154. The van der Waals surface area contributed by atoms with Gasteiger partial charge in [0.1, 0.15) is 5.69 Å². The van der Waals surface area contributed by atoms with Crippen molar-refractivity contribution < 1.29 is 26.7 Å². The van der Waals surface area contributed by atoms with Gasteiger partial charge < -0.3 is 5.32 Å². The van der Waals surface area contributed by atoms with Crippen LogP contribution >= 0.6 is 11.6 Å². The average Bonchev–Trinajstić information content (AvgIpc) is 2.78. The number of nitrogens with zero attached hydrogens (tertiary/aromatic N) is 2. The molecule has 0 atom stereocenters. The molecule has 0 aliphatic heterocycles. The number of nitrogens with one attached hydrogen (secondary N) is 1. The number of hydrogen-bond donors (Lipinski definition) is 1. The van der Waals surface area contributed by atoms with E-state index in [1.165, 1.54) is 13.2 Å².